The van der Waals surface area contributed by atoms with Crippen LogP contribution in [0.3, 0.4) is 0 Å². The molecule has 0 fully saturated rings. The number of nitrogens with one attached hydrogen (secondary N) is 1. The van der Waals surface area contributed by atoms with Crippen LogP contribution in [0.1, 0.15) is 32.1 Å². The average molecular weight is 462 g/mol. The monoisotopic (exact) mass is 461 g/mol. The standard InChI is InChI=1S/C24H20ClN5O3/c1-33-17-4-2-3-16(10-17)29-22-18-9-13(23(26)31)5-8-19(18)30-20(21(22)24(27)32)11-15-7-6-14(25)12-28-15/h2-10,12H,11H2,1H3,(H2,26,31)(H2,27,32)(H,29,30). The summed E-state index contributed by atoms with van der Waals surface area (Å²) in [6, 6.07) is 15.5. The van der Waals surface area contributed by atoms with Crippen molar-refractivity contribution in [2.24, 2.45) is 11.5 Å². The summed E-state index contributed by atoms with van der Waals surface area (Å²) in [5.74, 6) is -0.648. The fraction of sp³-hybridized carbons (Fsp3) is 0.0833. The second kappa shape index (κ2) is 9.13. The van der Waals surface area contributed by atoms with E-state index >= 15 is 0 Å². The molecule has 4 rings (SSSR count). The lowest BCUT2D eigenvalue weighted by Gasteiger charge is -2.18. The summed E-state index contributed by atoms with van der Waals surface area (Å²) in [4.78, 5) is 33.4. The number of methoxy groups -OCH3 is 1. The zero-order valence-electron chi connectivity index (χ0n) is 17.6. The van der Waals surface area contributed by atoms with Gasteiger partial charge < -0.3 is 21.5 Å². The smallest absolute Gasteiger partial charge is 0.252 e. The average Bonchev–Trinajstić information content (AvgIpc) is 2.80. The molecule has 0 spiro atoms. The van der Waals surface area contributed by atoms with Crippen LogP contribution >= 0.6 is 11.6 Å². The minimum Gasteiger partial charge on any atom is -0.497 e. The van der Waals surface area contributed by atoms with Crippen molar-refractivity contribution in [2.75, 3.05) is 12.4 Å². The lowest BCUT2D eigenvalue weighted by molar-refractivity contribution is 0.0992. The number of carbonyl (C=O) groups is 2. The van der Waals surface area contributed by atoms with Crippen molar-refractivity contribution in [3.8, 4) is 5.75 Å². The largest absolute Gasteiger partial charge is 0.497 e. The molecule has 0 saturated heterocycles. The Morgan fingerprint density at radius 1 is 1.06 bits per heavy atom. The molecule has 8 nitrogen and oxygen atoms in total. The molecule has 5 N–H and O–H groups in total. The highest BCUT2D eigenvalue weighted by atomic mass is 35.5. The molecule has 0 saturated carbocycles. The van der Waals surface area contributed by atoms with E-state index in [4.69, 9.17) is 27.8 Å². The van der Waals surface area contributed by atoms with Crippen molar-refractivity contribution < 1.29 is 14.3 Å². The van der Waals surface area contributed by atoms with Crippen molar-refractivity contribution in [3.05, 3.63) is 88.3 Å². The minimum absolute atomic E-state index is 0.184. The van der Waals surface area contributed by atoms with Gasteiger partial charge in [-0.15, -0.1) is 0 Å². The van der Waals surface area contributed by atoms with Gasteiger partial charge in [-0.25, -0.2) is 0 Å². The lowest BCUT2D eigenvalue weighted by atomic mass is 10.00. The number of aromatic nitrogens is 2. The normalized spacial score (nSPS) is 10.7. The first kappa shape index (κ1) is 22.0. The predicted molar refractivity (Wildman–Crippen MR) is 127 cm³/mol. The third-order valence-electron chi connectivity index (χ3n) is 5.07. The van der Waals surface area contributed by atoms with Crippen LogP contribution in [0.5, 0.6) is 5.75 Å². The van der Waals surface area contributed by atoms with Gasteiger partial charge >= 0.3 is 0 Å². The maximum Gasteiger partial charge on any atom is 0.252 e. The fourth-order valence-electron chi connectivity index (χ4n) is 3.52. The molecule has 166 valence electrons. The molecule has 2 amide bonds. The summed E-state index contributed by atoms with van der Waals surface area (Å²) in [7, 11) is 1.56. The molecule has 0 atom stereocenters. The number of primary amides is 2. The van der Waals surface area contributed by atoms with Gasteiger partial charge in [-0.05, 0) is 42.5 Å². The van der Waals surface area contributed by atoms with Gasteiger partial charge in [0.25, 0.3) is 5.91 Å². The quantitative estimate of drug-likeness (QED) is 0.383. The molecule has 9 heteroatoms. The number of anilines is 2. The minimum atomic E-state index is -0.678. The third-order valence-corrected chi connectivity index (χ3v) is 5.29. The number of ether oxygens (including phenoxy) is 1. The van der Waals surface area contributed by atoms with E-state index in [1.165, 1.54) is 6.20 Å². The first-order chi connectivity index (χ1) is 15.9. The summed E-state index contributed by atoms with van der Waals surface area (Å²) in [6.07, 6.45) is 1.77. The molecule has 2 heterocycles. The van der Waals surface area contributed by atoms with E-state index in [-0.39, 0.29) is 17.5 Å². The van der Waals surface area contributed by atoms with Crippen LogP contribution in [0.2, 0.25) is 5.02 Å². The molecule has 0 radical (unpaired) electrons. The first-order valence-electron chi connectivity index (χ1n) is 9.93. The molecule has 0 aliphatic heterocycles. The Labute approximate surface area is 194 Å². The van der Waals surface area contributed by atoms with Gasteiger partial charge in [0.2, 0.25) is 5.91 Å². The van der Waals surface area contributed by atoms with Crippen LogP contribution in [0.25, 0.3) is 10.9 Å². The van der Waals surface area contributed by atoms with Gasteiger partial charge in [0.05, 0.1) is 34.6 Å². The van der Waals surface area contributed by atoms with E-state index in [0.29, 0.717) is 44.4 Å². The van der Waals surface area contributed by atoms with E-state index in [1.54, 1.807) is 49.6 Å². The van der Waals surface area contributed by atoms with E-state index in [9.17, 15) is 9.59 Å². The number of halogens is 1. The van der Waals surface area contributed by atoms with Crippen molar-refractivity contribution in [1.82, 2.24) is 9.97 Å². The van der Waals surface area contributed by atoms with Gasteiger partial charge in [-0.1, -0.05) is 17.7 Å². The highest BCUT2D eigenvalue weighted by Crippen LogP contribution is 2.33. The fourth-order valence-corrected chi connectivity index (χ4v) is 3.63. The van der Waals surface area contributed by atoms with Crippen LogP contribution in [0, 0.1) is 0 Å². The number of hydrogen-bond donors (Lipinski definition) is 3. The summed E-state index contributed by atoms with van der Waals surface area (Å²) in [5, 5.41) is 4.28. The number of benzene rings is 2. The molecule has 2 aromatic heterocycles. The molecule has 0 aliphatic carbocycles. The van der Waals surface area contributed by atoms with E-state index in [0.717, 1.165) is 0 Å². The van der Waals surface area contributed by atoms with Crippen molar-refractivity contribution in [3.63, 3.8) is 0 Å². The number of hydrogen-bond acceptors (Lipinski definition) is 6. The number of amides is 2. The highest BCUT2D eigenvalue weighted by Gasteiger charge is 2.21. The summed E-state index contributed by atoms with van der Waals surface area (Å²) in [5.41, 5.74) is 14.5. The maximum absolute atomic E-state index is 12.6. The molecule has 4 aromatic rings. The van der Waals surface area contributed by atoms with Crippen LogP contribution in [-0.4, -0.2) is 28.9 Å². The van der Waals surface area contributed by atoms with Crippen molar-refractivity contribution >= 4 is 45.7 Å². The van der Waals surface area contributed by atoms with Crippen LogP contribution < -0.4 is 21.5 Å². The Hall–Kier alpha value is -4.17. The van der Waals surface area contributed by atoms with Crippen LogP contribution in [0.15, 0.2) is 60.8 Å². The van der Waals surface area contributed by atoms with E-state index in [2.05, 4.69) is 15.3 Å². The van der Waals surface area contributed by atoms with Gasteiger partial charge in [0.1, 0.15) is 5.75 Å². The number of fused-ring (bicyclic) bond motifs is 1. The topological polar surface area (TPSA) is 133 Å². The van der Waals surface area contributed by atoms with Gasteiger partial charge in [-0.3, -0.25) is 19.6 Å². The Morgan fingerprint density at radius 3 is 2.55 bits per heavy atom. The SMILES string of the molecule is COc1cccc(Nc2c(C(N)=O)c(Cc3ccc(Cl)cn3)nc3ccc(C(N)=O)cc23)c1. The van der Waals surface area contributed by atoms with Gasteiger partial charge in [0.15, 0.2) is 0 Å². The molecule has 33 heavy (non-hydrogen) atoms. The highest BCUT2D eigenvalue weighted by molar-refractivity contribution is 6.30. The van der Waals surface area contributed by atoms with Crippen LogP contribution in [-0.2, 0) is 6.42 Å². The Morgan fingerprint density at radius 2 is 1.88 bits per heavy atom. The predicted octanol–water partition coefficient (Wildman–Crippen LogP) is 3.82. The molecular formula is C24H20ClN5O3. The van der Waals surface area contributed by atoms with Crippen molar-refractivity contribution in [2.45, 2.75) is 6.42 Å². The Bertz CT molecular complexity index is 1370. The summed E-state index contributed by atoms with van der Waals surface area (Å²) in [6.45, 7) is 0. The molecule has 0 bridgehead atoms. The van der Waals surface area contributed by atoms with E-state index in [1.807, 2.05) is 12.1 Å². The number of carbonyl (C=O) groups excluding carboxylic acids is 2. The van der Waals surface area contributed by atoms with Gasteiger partial charge in [0, 0.05) is 41.0 Å². The van der Waals surface area contributed by atoms with E-state index < -0.39 is 11.8 Å². The third kappa shape index (κ3) is 4.70. The maximum atomic E-state index is 12.6. The lowest BCUT2D eigenvalue weighted by Crippen LogP contribution is -2.18. The number of nitrogens with two attached hydrogens (primary N) is 2. The number of nitrogens with zero attached hydrogens (tertiary/aromatic N) is 2. The zero-order chi connectivity index (χ0) is 23.5. The Kier molecular flexibility index (Phi) is 6.10. The van der Waals surface area contributed by atoms with Crippen LogP contribution in [0.4, 0.5) is 11.4 Å². The number of rotatable bonds is 7. The second-order valence-electron chi connectivity index (χ2n) is 7.27. The number of pyridine rings is 2. The van der Waals surface area contributed by atoms with Gasteiger partial charge in [-0.2, -0.15) is 0 Å². The summed E-state index contributed by atoms with van der Waals surface area (Å²) < 4.78 is 5.30. The second-order valence-corrected chi connectivity index (χ2v) is 7.71. The molecule has 0 aliphatic rings. The first-order valence-corrected chi connectivity index (χ1v) is 10.3. The molecule has 0 unspecified atom stereocenters. The molecular weight excluding hydrogens is 442 g/mol. The molecule has 2 aromatic carbocycles. The Balaban J connectivity index is 1.95. The van der Waals surface area contributed by atoms with Crippen molar-refractivity contribution in [1.29, 1.82) is 0 Å². The zero-order valence-corrected chi connectivity index (χ0v) is 18.4. The summed E-state index contributed by atoms with van der Waals surface area (Å²) >= 11 is 5.94.